The summed E-state index contributed by atoms with van der Waals surface area (Å²) in [7, 11) is 0. The van der Waals surface area contributed by atoms with E-state index in [1.54, 1.807) is 6.08 Å². The largest absolute Gasteiger partial charge is 0.481 e. The summed E-state index contributed by atoms with van der Waals surface area (Å²) in [6.07, 6.45) is 6.30. The molecule has 72 valence electrons. The first-order valence-electron chi connectivity index (χ1n) is 4.47. The van der Waals surface area contributed by atoms with Gasteiger partial charge in [-0.05, 0) is 13.3 Å². The van der Waals surface area contributed by atoms with Gasteiger partial charge in [-0.2, -0.15) is 0 Å². The Kier molecular flexibility index (Phi) is 14.8. The molecule has 0 aromatic rings. The van der Waals surface area contributed by atoms with Gasteiger partial charge in [-0.1, -0.05) is 32.3 Å². The molecule has 0 unspecified atom stereocenters. The molecule has 2 heteroatoms. The summed E-state index contributed by atoms with van der Waals surface area (Å²) in [6.45, 7) is 7.36. The lowest BCUT2D eigenvalue weighted by atomic mass is 10.2. The second kappa shape index (κ2) is 12.8. The molecule has 0 fully saturated rings. The highest BCUT2D eigenvalue weighted by Crippen LogP contribution is 2.01. The predicted molar refractivity (Wildman–Crippen MR) is 52.3 cm³/mol. The fourth-order valence-electron chi connectivity index (χ4n) is 0.703. The quantitative estimate of drug-likeness (QED) is 0.510. The molecule has 0 saturated heterocycles. The molecule has 0 spiro atoms. The van der Waals surface area contributed by atoms with Crippen LogP contribution in [0, 0.1) is 0 Å². The molecule has 1 N–H and O–H groups in total. The van der Waals surface area contributed by atoms with Crippen molar-refractivity contribution in [3.05, 3.63) is 12.7 Å². The molecule has 0 aromatic heterocycles. The van der Waals surface area contributed by atoms with E-state index >= 15 is 0 Å². The number of carboxylic acids is 1. The number of hydrogen-bond acceptors (Lipinski definition) is 1. The van der Waals surface area contributed by atoms with Crippen LogP contribution in [0.15, 0.2) is 12.7 Å². The molecule has 0 heterocycles. The number of aliphatic carboxylic acids is 1. The minimum Gasteiger partial charge on any atom is -0.481 e. The topological polar surface area (TPSA) is 37.3 Å². The summed E-state index contributed by atoms with van der Waals surface area (Å²) in [4.78, 5) is 9.96. The Hall–Kier alpha value is -0.790. The van der Waals surface area contributed by atoms with Gasteiger partial charge in [0.2, 0.25) is 0 Å². The second-order valence-electron chi connectivity index (χ2n) is 2.61. The van der Waals surface area contributed by atoms with Crippen LogP contribution in [0.4, 0.5) is 0 Å². The van der Waals surface area contributed by atoms with Crippen LogP contribution in [0.5, 0.6) is 0 Å². The molecule has 0 aliphatic rings. The first-order valence-corrected chi connectivity index (χ1v) is 4.47. The first-order chi connectivity index (χ1) is 5.68. The fourth-order valence-corrected chi connectivity index (χ4v) is 0.703. The van der Waals surface area contributed by atoms with Crippen LogP contribution in [0.1, 0.15) is 46.0 Å². The van der Waals surface area contributed by atoms with Crippen LogP contribution < -0.4 is 0 Å². The number of unbranched alkanes of at least 4 members (excludes halogenated alkanes) is 3. The lowest BCUT2D eigenvalue weighted by Gasteiger charge is -1.92. The van der Waals surface area contributed by atoms with E-state index < -0.39 is 5.97 Å². The fraction of sp³-hybridized carbons (Fsp3) is 0.700. The van der Waals surface area contributed by atoms with Crippen LogP contribution >= 0.6 is 0 Å². The zero-order valence-corrected chi connectivity index (χ0v) is 8.18. The zero-order valence-electron chi connectivity index (χ0n) is 8.18. The SMILES string of the molecule is C=CC.CCCCCCC(=O)O. The van der Waals surface area contributed by atoms with E-state index in [0.717, 1.165) is 19.3 Å². The molecule has 12 heavy (non-hydrogen) atoms. The lowest BCUT2D eigenvalue weighted by Crippen LogP contribution is -1.92. The third-order valence-electron chi connectivity index (χ3n) is 1.24. The standard InChI is InChI=1S/C7H14O2.C3H6/c1-2-3-4-5-6-7(8)9;1-3-2/h2-6H2,1H3,(H,8,9);3H,1H2,2H3. The molecule has 0 amide bonds. The van der Waals surface area contributed by atoms with Crippen molar-refractivity contribution in [1.82, 2.24) is 0 Å². The van der Waals surface area contributed by atoms with Crippen LogP contribution in [-0.2, 0) is 4.79 Å². The third-order valence-corrected chi connectivity index (χ3v) is 1.24. The van der Waals surface area contributed by atoms with Crippen LogP contribution in [0.2, 0.25) is 0 Å². The smallest absolute Gasteiger partial charge is 0.303 e. The monoisotopic (exact) mass is 172 g/mol. The molecule has 0 bridgehead atoms. The summed E-state index contributed by atoms with van der Waals surface area (Å²) in [5, 5.41) is 8.21. The van der Waals surface area contributed by atoms with E-state index in [4.69, 9.17) is 5.11 Å². The van der Waals surface area contributed by atoms with Gasteiger partial charge >= 0.3 is 5.97 Å². The predicted octanol–water partition coefficient (Wildman–Crippen LogP) is 3.23. The number of rotatable bonds is 5. The molecule has 0 aromatic carbocycles. The van der Waals surface area contributed by atoms with E-state index in [9.17, 15) is 4.79 Å². The molecule has 0 atom stereocenters. The van der Waals surface area contributed by atoms with Crippen molar-refractivity contribution >= 4 is 5.97 Å². The molecule has 0 saturated carbocycles. The Morgan fingerprint density at radius 3 is 2.25 bits per heavy atom. The molecule has 0 aliphatic heterocycles. The first kappa shape index (κ1) is 13.8. The van der Waals surface area contributed by atoms with Crippen molar-refractivity contribution < 1.29 is 9.90 Å². The summed E-state index contributed by atoms with van der Waals surface area (Å²) in [5.74, 6) is -0.675. The van der Waals surface area contributed by atoms with E-state index in [2.05, 4.69) is 13.5 Å². The maximum absolute atomic E-state index is 9.96. The highest BCUT2D eigenvalue weighted by molar-refractivity contribution is 5.66. The maximum atomic E-state index is 9.96. The number of allylic oxidation sites excluding steroid dienone is 1. The van der Waals surface area contributed by atoms with Gasteiger partial charge in [0, 0.05) is 6.42 Å². The summed E-state index contributed by atoms with van der Waals surface area (Å²) in [6, 6.07) is 0. The van der Waals surface area contributed by atoms with Crippen molar-refractivity contribution in [2.24, 2.45) is 0 Å². The number of carboxylic acid groups (broad SMARTS) is 1. The molecule has 0 rings (SSSR count). The average molecular weight is 172 g/mol. The van der Waals surface area contributed by atoms with Gasteiger partial charge in [0.05, 0.1) is 0 Å². The summed E-state index contributed by atoms with van der Waals surface area (Å²) < 4.78 is 0. The average Bonchev–Trinajstić information content (AvgIpc) is 1.99. The highest BCUT2D eigenvalue weighted by atomic mass is 16.4. The van der Waals surface area contributed by atoms with Crippen molar-refractivity contribution in [2.75, 3.05) is 0 Å². The molecule has 0 aliphatic carbocycles. The third kappa shape index (κ3) is 22.9. The Labute approximate surface area is 75.3 Å². The summed E-state index contributed by atoms with van der Waals surface area (Å²) >= 11 is 0. The highest BCUT2D eigenvalue weighted by Gasteiger charge is 1.93. The second-order valence-corrected chi connectivity index (χ2v) is 2.61. The van der Waals surface area contributed by atoms with Gasteiger partial charge < -0.3 is 5.11 Å². The Morgan fingerprint density at radius 1 is 1.42 bits per heavy atom. The summed E-state index contributed by atoms with van der Waals surface area (Å²) in [5.41, 5.74) is 0. The van der Waals surface area contributed by atoms with E-state index in [1.165, 1.54) is 6.42 Å². The number of hydrogen-bond donors (Lipinski definition) is 1. The van der Waals surface area contributed by atoms with Gasteiger partial charge in [0.15, 0.2) is 0 Å². The van der Waals surface area contributed by atoms with Gasteiger partial charge in [-0.25, -0.2) is 0 Å². The molecule has 2 nitrogen and oxygen atoms in total. The lowest BCUT2D eigenvalue weighted by molar-refractivity contribution is -0.137. The van der Waals surface area contributed by atoms with Crippen molar-refractivity contribution in [3.63, 3.8) is 0 Å². The maximum Gasteiger partial charge on any atom is 0.303 e. The Morgan fingerprint density at radius 2 is 1.92 bits per heavy atom. The van der Waals surface area contributed by atoms with Gasteiger partial charge in [0.25, 0.3) is 0 Å². The molecular formula is C10H20O2. The van der Waals surface area contributed by atoms with Gasteiger partial charge in [0.1, 0.15) is 0 Å². The zero-order chi connectivity index (χ0) is 9.82. The Bertz CT molecular complexity index is 108. The van der Waals surface area contributed by atoms with Gasteiger partial charge in [-0.15, -0.1) is 6.58 Å². The van der Waals surface area contributed by atoms with E-state index in [1.807, 2.05) is 6.92 Å². The minimum atomic E-state index is -0.675. The van der Waals surface area contributed by atoms with Crippen molar-refractivity contribution in [2.45, 2.75) is 46.0 Å². The Balaban J connectivity index is 0. The van der Waals surface area contributed by atoms with Crippen LogP contribution in [0.25, 0.3) is 0 Å². The normalized spacial score (nSPS) is 8.17. The van der Waals surface area contributed by atoms with Crippen LogP contribution in [0.3, 0.4) is 0 Å². The number of carbonyl (C=O) groups is 1. The van der Waals surface area contributed by atoms with Crippen LogP contribution in [-0.4, -0.2) is 11.1 Å². The van der Waals surface area contributed by atoms with E-state index in [-0.39, 0.29) is 0 Å². The minimum absolute atomic E-state index is 0.333. The van der Waals surface area contributed by atoms with Crippen molar-refractivity contribution in [3.8, 4) is 0 Å². The van der Waals surface area contributed by atoms with Gasteiger partial charge in [-0.3, -0.25) is 4.79 Å². The molecular weight excluding hydrogens is 152 g/mol. The molecule has 0 radical (unpaired) electrons. The van der Waals surface area contributed by atoms with E-state index in [0.29, 0.717) is 6.42 Å². The van der Waals surface area contributed by atoms with Crippen molar-refractivity contribution in [1.29, 1.82) is 0 Å².